The van der Waals surface area contributed by atoms with E-state index in [4.69, 9.17) is 16.6 Å². The van der Waals surface area contributed by atoms with E-state index in [-0.39, 0.29) is 30.0 Å². The van der Waals surface area contributed by atoms with Crippen LogP contribution in [0, 0.1) is 5.92 Å². The highest BCUT2D eigenvalue weighted by atomic mass is 35.5. The topological polar surface area (TPSA) is 68.7 Å². The number of carbonyl (C=O) groups excluding carboxylic acids is 1. The van der Waals surface area contributed by atoms with Crippen molar-refractivity contribution in [1.82, 2.24) is 15.2 Å². The van der Waals surface area contributed by atoms with Crippen molar-refractivity contribution in [2.24, 2.45) is 5.92 Å². The molecule has 33 heavy (non-hydrogen) atoms. The van der Waals surface area contributed by atoms with Gasteiger partial charge in [-0.05, 0) is 57.6 Å². The first-order valence-corrected chi connectivity index (χ1v) is 11.8. The highest BCUT2D eigenvalue weighted by molar-refractivity contribution is 6.35. The molecule has 1 saturated carbocycles. The van der Waals surface area contributed by atoms with Gasteiger partial charge in [-0.3, -0.25) is 4.79 Å². The van der Waals surface area contributed by atoms with E-state index >= 15 is 0 Å². The van der Waals surface area contributed by atoms with Crippen LogP contribution in [0.3, 0.4) is 0 Å². The SMILES string of the molecule is CC1CC(O)(CNC(=O)c2c(Cl)ccc3nc(N4CCC(N(C)C)C4)ccc23)CCC1(F)F. The van der Waals surface area contributed by atoms with Crippen LogP contribution in [0.15, 0.2) is 24.3 Å². The molecule has 2 N–H and O–H groups in total. The normalized spacial score (nSPS) is 27.3. The molecule has 1 aromatic heterocycles. The average molecular weight is 481 g/mol. The molecule has 2 aliphatic rings. The van der Waals surface area contributed by atoms with Crippen molar-refractivity contribution in [3.63, 3.8) is 0 Å². The molecule has 6 nitrogen and oxygen atoms in total. The third kappa shape index (κ3) is 4.93. The van der Waals surface area contributed by atoms with Crippen LogP contribution < -0.4 is 10.2 Å². The average Bonchev–Trinajstić information content (AvgIpc) is 3.26. The van der Waals surface area contributed by atoms with Gasteiger partial charge in [-0.1, -0.05) is 18.5 Å². The number of amides is 1. The number of halogens is 3. The number of rotatable bonds is 5. The van der Waals surface area contributed by atoms with Gasteiger partial charge in [0.25, 0.3) is 11.8 Å². The molecule has 1 aromatic carbocycles. The number of nitrogens with one attached hydrogen (secondary N) is 1. The minimum absolute atomic E-state index is 0.0669. The number of anilines is 1. The molecule has 1 aliphatic carbocycles. The second-order valence-corrected chi connectivity index (χ2v) is 10.2. The van der Waals surface area contributed by atoms with E-state index in [0.717, 1.165) is 25.3 Å². The standard InChI is InChI=1S/C24H31ClF2N4O2/c1-15-12-23(33,9-10-24(15,26)27)14-28-22(32)21-17-4-7-20(29-19(17)6-5-18(21)25)31-11-8-16(13-31)30(2)3/h4-7,15-16,33H,8-14H2,1-3H3,(H,28,32). The molecule has 1 amide bonds. The fourth-order valence-corrected chi connectivity index (χ4v) is 5.16. The summed E-state index contributed by atoms with van der Waals surface area (Å²) >= 11 is 6.37. The minimum atomic E-state index is -2.79. The van der Waals surface area contributed by atoms with Crippen LogP contribution in [0.1, 0.15) is 43.0 Å². The van der Waals surface area contributed by atoms with E-state index in [0.29, 0.717) is 16.9 Å². The highest BCUT2D eigenvalue weighted by Crippen LogP contribution is 2.42. The van der Waals surface area contributed by atoms with Crippen molar-refractivity contribution >= 4 is 34.2 Å². The number of aromatic nitrogens is 1. The van der Waals surface area contributed by atoms with Crippen molar-refractivity contribution in [1.29, 1.82) is 0 Å². The third-order valence-corrected chi connectivity index (χ3v) is 7.47. The third-order valence-electron chi connectivity index (χ3n) is 7.16. The maximum atomic E-state index is 13.8. The maximum Gasteiger partial charge on any atom is 0.253 e. The van der Waals surface area contributed by atoms with Crippen molar-refractivity contribution in [2.75, 3.05) is 38.6 Å². The maximum absolute atomic E-state index is 13.8. The van der Waals surface area contributed by atoms with Crippen LogP contribution in [-0.2, 0) is 0 Å². The van der Waals surface area contributed by atoms with E-state index in [1.807, 2.05) is 12.1 Å². The van der Waals surface area contributed by atoms with E-state index in [9.17, 15) is 18.7 Å². The van der Waals surface area contributed by atoms with Crippen LogP contribution in [0.2, 0.25) is 5.02 Å². The summed E-state index contributed by atoms with van der Waals surface area (Å²) in [5.74, 6) is -3.34. The lowest BCUT2D eigenvalue weighted by atomic mass is 9.76. The molecule has 2 heterocycles. The number of fused-ring (bicyclic) bond motifs is 1. The summed E-state index contributed by atoms with van der Waals surface area (Å²) < 4.78 is 27.6. The molecule has 2 aromatic rings. The van der Waals surface area contributed by atoms with Gasteiger partial charge in [-0.15, -0.1) is 0 Å². The Balaban J connectivity index is 1.51. The Labute approximate surface area is 197 Å². The molecule has 180 valence electrons. The smallest absolute Gasteiger partial charge is 0.253 e. The van der Waals surface area contributed by atoms with Crippen LogP contribution in [0.25, 0.3) is 10.9 Å². The van der Waals surface area contributed by atoms with E-state index in [1.54, 1.807) is 12.1 Å². The highest BCUT2D eigenvalue weighted by Gasteiger charge is 2.47. The monoisotopic (exact) mass is 480 g/mol. The van der Waals surface area contributed by atoms with E-state index in [1.165, 1.54) is 6.92 Å². The molecule has 1 saturated heterocycles. The van der Waals surface area contributed by atoms with Gasteiger partial charge in [-0.25, -0.2) is 13.8 Å². The number of benzene rings is 1. The van der Waals surface area contributed by atoms with Crippen molar-refractivity contribution < 1.29 is 18.7 Å². The van der Waals surface area contributed by atoms with Gasteiger partial charge < -0.3 is 20.2 Å². The van der Waals surface area contributed by atoms with Gasteiger partial charge in [0.2, 0.25) is 0 Å². The second-order valence-electron chi connectivity index (χ2n) is 9.78. The molecule has 3 atom stereocenters. The lowest BCUT2D eigenvalue weighted by Gasteiger charge is -2.40. The fourth-order valence-electron chi connectivity index (χ4n) is 4.91. The molecule has 4 rings (SSSR count). The van der Waals surface area contributed by atoms with Crippen molar-refractivity contribution in [3.8, 4) is 0 Å². The number of hydrogen-bond donors (Lipinski definition) is 2. The number of hydrogen-bond acceptors (Lipinski definition) is 5. The number of carbonyl (C=O) groups is 1. The first-order valence-electron chi connectivity index (χ1n) is 11.4. The minimum Gasteiger partial charge on any atom is -0.388 e. The van der Waals surface area contributed by atoms with Gasteiger partial charge >= 0.3 is 0 Å². The summed E-state index contributed by atoms with van der Waals surface area (Å²) in [4.78, 5) is 22.2. The van der Waals surface area contributed by atoms with Crippen LogP contribution in [0.4, 0.5) is 14.6 Å². The summed E-state index contributed by atoms with van der Waals surface area (Å²) in [6.07, 6.45) is 0.530. The van der Waals surface area contributed by atoms with Crippen molar-refractivity contribution in [2.45, 2.75) is 50.2 Å². The Morgan fingerprint density at radius 2 is 2.06 bits per heavy atom. The van der Waals surface area contributed by atoms with Crippen molar-refractivity contribution in [3.05, 3.63) is 34.9 Å². The van der Waals surface area contributed by atoms with Gasteiger partial charge in [0.05, 0.1) is 21.7 Å². The molecule has 1 aliphatic heterocycles. The molecule has 2 fully saturated rings. The Kier molecular flexibility index (Phi) is 6.55. The van der Waals surface area contributed by atoms with Crippen LogP contribution in [0.5, 0.6) is 0 Å². The molecular weight excluding hydrogens is 450 g/mol. The number of nitrogens with zero attached hydrogens (tertiary/aromatic N) is 3. The molecule has 3 unspecified atom stereocenters. The van der Waals surface area contributed by atoms with E-state index in [2.05, 4.69) is 29.2 Å². The van der Waals surface area contributed by atoms with Gasteiger partial charge in [-0.2, -0.15) is 0 Å². The summed E-state index contributed by atoms with van der Waals surface area (Å²) in [7, 11) is 4.15. The molecular formula is C24H31ClF2N4O2. The largest absolute Gasteiger partial charge is 0.388 e. The summed E-state index contributed by atoms with van der Waals surface area (Å²) in [6, 6.07) is 7.64. The number of pyridine rings is 1. The Hall–Kier alpha value is -2.03. The molecule has 0 radical (unpaired) electrons. The number of aliphatic hydroxyl groups is 1. The quantitative estimate of drug-likeness (QED) is 0.678. The first kappa shape index (κ1) is 24.1. The zero-order chi connectivity index (χ0) is 24.0. The Bertz CT molecular complexity index is 1050. The van der Waals surface area contributed by atoms with Gasteiger partial charge in [0.1, 0.15) is 5.82 Å². The molecule has 0 bridgehead atoms. The Morgan fingerprint density at radius 1 is 1.30 bits per heavy atom. The predicted molar refractivity (Wildman–Crippen MR) is 126 cm³/mol. The summed E-state index contributed by atoms with van der Waals surface area (Å²) in [6.45, 7) is 3.13. The number of likely N-dealkylation sites (N-methyl/N-ethyl adjacent to an activating group) is 1. The zero-order valence-electron chi connectivity index (χ0n) is 19.2. The fraction of sp³-hybridized carbons (Fsp3) is 0.583. The number of alkyl halides is 2. The second kappa shape index (κ2) is 8.96. The molecule has 9 heteroatoms. The van der Waals surface area contributed by atoms with Gasteiger partial charge in [0, 0.05) is 43.4 Å². The van der Waals surface area contributed by atoms with E-state index < -0.39 is 29.8 Å². The van der Waals surface area contributed by atoms with Gasteiger partial charge in [0.15, 0.2) is 0 Å². The molecule has 0 spiro atoms. The summed E-state index contributed by atoms with van der Waals surface area (Å²) in [5, 5.41) is 14.4. The lowest BCUT2D eigenvalue weighted by Crippen LogP contribution is -2.50. The Morgan fingerprint density at radius 3 is 2.73 bits per heavy atom. The van der Waals surface area contributed by atoms with Crippen LogP contribution in [-0.4, -0.2) is 72.2 Å². The first-order chi connectivity index (χ1) is 15.5. The lowest BCUT2D eigenvalue weighted by molar-refractivity contribution is -0.138. The summed E-state index contributed by atoms with van der Waals surface area (Å²) in [5.41, 5.74) is -0.434. The zero-order valence-corrected chi connectivity index (χ0v) is 20.0. The predicted octanol–water partition coefficient (Wildman–Crippen LogP) is 3.94. The van der Waals surface area contributed by atoms with Crippen LogP contribution >= 0.6 is 11.6 Å².